The molecule has 1 nitrogen and oxygen atoms in total. The van der Waals surface area contributed by atoms with Crippen LogP contribution < -0.4 is 0 Å². The molecule has 1 rings (SSSR count). The minimum absolute atomic E-state index is 0.232. The van der Waals surface area contributed by atoms with E-state index in [4.69, 9.17) is 0 Å². The highest BCUT2D eigenvalue weighted by atomic mass is 16.1. The largest absolute Gasteiger partial charge is 0.286 e. The lowest BCUT2D eigenvalue weighted by atomic mass is 9.73. The molecule has 0 N–H and O–H groups in total. The molecule has 0 aromatic heterocycles. The molecule has 0 saturated carbocycles. The summed E-state index contributed by atoms with van der Waals surface area (Å²) in [5, 5.41) is 0. The molecule has 0 aromatic rings. The van der Waals surface area contributed by atoms with Crippen molar-refractivity contribution in [2.45, 2.75) is 40.0 Å². The molecule has 13 heavy (non-hydrogen) atoms. The van der Waals surface area contributed by atoms with Gasteiger partial charge in [0.1, 0.15) is 0 Å². The van der Waals surface area contributed by atoms with Crippen molar-refractivity contribution in [3.63, 3.8) is 0 Å². The van der Waals surface area contributed by atoms with Gasteiger partial charge in [0.05, 0.1) is 0 Å². The molecule has 0 heterocycles. The number of hydrogen-bond acceptors (Lipinski definition) is 1. The maximum Gasteiger partial charge on any atom is 0.225 e. The second-order valence-corrected chi connectivity index (χ2v) is 4.38. The second kappa shape index (κ2) is 3.91. The molecule has 0 unspecified atom stereocenters. The van der Waals surface area contributed by atoms with Crippen molar-refractivity contribution < 1.29 is 4.79 Å². The molecule has 71 valence electrons. The second-order valence-electron chi connectivity index (χ2n) is 4.38. The quantitative estimate of drug-likeness (QED) is 0.592. The van der Waals surface area contributed by atoms with Gasteiger partial charge < -0.3 is 0 Å². The standard InChI is InChI=1S/C12H17O/c1-10-6-4-8-12(2,3)11(10)7-5-9-13/h5,7H,4,6,8H2,1-3H3/b7-5+. The van der Waals surface area contributed by atoms with E-state index in [1.54, 1.807) is 0 Å². The smallest absolute Gasteiger partial charge is 0.225 e. The number of rotatable bonds is 2. The molecule has 1 heteroatoms. The van der Waals surface area contributed by atoms with E-state index in [1.807, 2.05) is 12.4 Å². The van der Waals surface area contributed by atoms with Crippen LogP contribution in [0.3, 0.4) is 0 Å². The molecule has 0 amide bonds. The van der Waals surface area contributed by atoms with Crippen molar-refractivity contribution in [3.8, 4) is 0 Å². The lowest BCUT2D eigenvalue weighted by molar-refractivity contribution is 0.377. The average molecular weight is 177 g/mol. The molecule has 0 saturated heterocycles. The molecule has 1 radical (unpaired) electrons. The SMILES string of the molecule is CC1=C(/C=C/[C]=O)C(C)(C)CCC1. The van der Waals surface area contributed by atoms with E-state index in [0.717, 1.165) is 0 Å². The van der Waals surface area contributed by atoms with Gasteiger partial charge in [-0.15, -0.1) is 0 Å². The van der Waals surface area contributed by atoms with Crippen molar-refractivity contribution in [3.05, 3.63) is 23.3 Å². The Morgan fingerprint density at radius 2 is 2.15 bits per heavy atom. The summed E-state index contributed by atoms with van der Waals surface area (Å²) in [5.74, 6) is 0. The molecule has 0 fully saturated rings. The zero-order valence-corrected chi connectivity index (χ0v) is 8.68. The van der Waals surface area contributed by atoms with Crippen molar-refractivity contribution >= 4 is 6.29 Å². The Hall–Kier alpha value is -0.850. The van der Waals surface area contributed by atoms with Gasteiger partial charge in [0.15, 0.2) is 0 Å². The van der Waals surface area contributed by atoms with Gasteiger partial charge in [-0.25, -0.2) is 0 Å². The van der Waals surface area contributed by atoms with E-state index in [0.29, 0.717) is 0 Å². The fourth-order valence-electron chi connectivity index (χ4n) is 2.13. The van der Waals surface area contributed by atoms with E-state index in [9.17, 15) is 4.79 Å². The topological polar surface area (TPSA) is 17.1 Å². The van der Waals surface area contributed by atoms with E-state index in [-0.39, 0.29) is 5.41 Å². The van der Waals surface area contributed by atoms with E-state index >= 15 is 0 Å². The predicted octanol–water partition coefficient (Wildman–Crippen LogP) is 3.18. The summed E-state index contributed by atoms with van der Waals surface area (Å²) >= 11 is 0. The Labute approximate surface area is 80.5 Å². The normalized spacial score (nSPS) is 22.4. The van der Waals surface area contributed by atoms with Gasteiger partial charge >= 0.3 is 0 Å². The zero-order chi connectivity index (χ0) is 9.90. The summed E-state index contributed by atoms with van der Waals surface area (Å²) in [7, 11) is 0. The molecule has 0 aliphatic heterocycles. The highest BCUT2D eigenvalue weighted by molar-refractivity contribution is 5.67. The maximum absolute atomic E-state index is 10.1. The Balaban J connectivity index is 2.97. The summed E-state index contributed by atoms with van der Waals surface area (Å²) in [6, 6.07) is 0. The van der Waals surface area contributed by atoms with Crippen LogP contribution >= 0.6 is 0 Å². The number of carbonyl (C=O) groups excluding carboxylic acids is 1. The van der Waals surface area contributed by atoms with Gasteiger partial charge in [-0.05, 0) is 43.3 Å². The van der Waals surface area contributed by atoms with Crippen LogP contribution in [-0.4, -0.2) is 6.29 Å². The first-order valence-electron chi connectivity index (χ1n) is 4.82. The summed E-state index contributed by atoms with van der Waals surface area (Å²) in [5.41, 5.74) is 2.97. The maximum atomic E-state index is 10.1. The summed E-state index contributed by atoms with van der Waals surface area (Å²) < 4.78 is 0. The van der Waals surface area contributed by atoms with Gasteiger partial charge in [0, 0.05) is 0 Å². The summed E-state index contributed by atoms with van der Waals surface area (Å²) in [6.07, 6.45) is 8.85. The molecular formula is C12H17O. The van der Waals surface area contributed by atoms with Gasteiger partial charge in [-0.1, -0.05) is 25.5 Å². The molecule has 0 aromatic carbocycles. The highest BCUT2D eigenvalue weighted by Gasteiger charge is 2.26. The Bertz CT molecular complexity index is 256. The monoisotopic (exact) mass is 177 g/mol. The molecule has 0 atom stereocenters. The highest BCUT2D eigenvalue weighted by Crippen LogP contribution is 2.40. The van der Waals surface area contributed by atoms with E-state index in [2.05, 4.69) is 20.8 Å². The fraction of sp³-hybridized carbons (Fsp3) is 0.583. The molecule has 1 aliphatic rings. The van der Waals surface area contributed by atoms with Crippen LogP contribution in [0.25, 0.3) is 0 Å². The van der Waals surface area contributed by atoms with Gasteiger partial charge in [0.2, 0.25) is 6.29 Å². The van der Waals surface area contributed by atoms with Crippen LogP contribution in [0, 0.1) is 5.41 Å². The van der Waals surface area contributed by atoms with Crippen LogP contribution in [0.15, 0.2) is 23.3 Å². The Morgan fingerprint density at radius 3 is 2.69 bits per heavy atom. The van der Waals surface area contributed by atoms with Crippen LogP contribution in [0.1, 0.15) is 40.0 Å². The minimum atomic E-state index is 0.232. The van der Waals surface area contributed by atoms with Crippen molar-refractivity contribution in [1.82, 2.24) is 0 Å². The van der Waals surface area contributed by atoms with Crippen LogP contribution in [0.4, 0.5) is 0 Å². The third-order valence-corrected chi connectivity index (χ3v) is 2.86. The summed E-state index contributed by atoms with van der Waals surface area (Å²) in [4.78, 5) is 10.1. The van der Waals surface area contributed by atoms with Gasteiger partial charge in [-0.2, -0.15) is 0 Å². The fourth-order valence-corrected chi connectivity index (χ4v) is 2.13. The van der Waals surface area contributed by atoms with Crippen LogP contribution in [-0.2, 0) is 4.79 Å². The lowest BCUT2D eigenvalue weighted by Gasteiger charge is -2.32. The third kappa shape index (κ3) is 2.30. The molecule has 0 spiro atoms. The summed E-state index contributed by atoms with van der Waals surface area (Å²) in [6.45, 7) is 6.63. The van der Waals surface area contributed by atoms with Crippen molar-refractivity contribution in [1.29, 1.82) is 0 Å². The van der Waals surface area contributed by atoms with Crippen LogP contribution in [0.2, 0.25) is 0 Å². The number of allylic oxidation sites excluding steroid dienone is 4. The first-order chi connectivity index (χ1) is 6.08. The van der Waals surface area contributed by atoms with E-state index < -0.39 is 0 Å². The van der Waals surface area contributed by atoms with E-state index in [1.165, 1.54) is 36.5 Å². The van der Waals surface area contributed by atoms with Crippen molar-refractivity contribution in [2.75, 3.05) is 0 Å². The Kier molecular flexibility index (Phi) is 3.07. The predicted molar refractivity (Wildman–Crippen MR) is 55.2 cm³/mol. The first kappa shape index (κ1) is 10.2. The van der Waals surface area contributed by atoms with Gasteiger partial charge in [0.25, 0.3) is 0 Å². The molecule has 0 bridgehead atoms. The third-order valence-electron chi connectivity index (χ3n) is 2.86. The first-order valence-corrected chi connectivity index (χ1v) is 4.82. The van der Waals surface area contributed by atoms with Gasteiger partial charge in [-0.3, -0.25) is 4.79 Å². The lowest BCUT2D eigenvalue weighted by Crippen LogP contribution is -2.19. The van der Waals surface area contributed by atoms with Crippen molar-refractivity contribution in [2.24, 2.45) is 5.41 Å². The number of hydrogen-bond donors (Lipinski definition) is 0. The Morgan fingerprint density at radius 1 is 1.46 bits per heavy atom. The molecule has 1 aliphatic carbocycles. The molecular weight excluding hydrogens is 160 g/mol. The average Bonchev–Trinajstić information content (AvgIpc) is 2.02. The van der Waals surface area contributed by atoms with Crippen LogP contribution in [0.5, 0.6) is 0 Å². The zero-order valence-electron chi connectivity index (χ0n) is 8.68. The minimum Gasteiger partial charge on any atom is -0.286 e.